The lowest BCUT2D eigenvalue weighted by Crippen LogP contribution is -2.30. The van der Waals surface area contributed by atoms with E-state index in [4.69, 9.17) is 4.74 Å². The van der Waals surface area contributed by atoms with Crippen LogP contribution in [0, 0.1) is 0 Å². The standard InChI is InChI=1S/C14H14BrNO2S/c1-10(13-6-3-7-19-13)16-14(17)9-18-12-5-2-4-11(15)8-12/h2-8,10H,9H2,1H3,(H,16,17)/t10-/m1/s1. The molecule has 0 spiro atoms. The molecule has 1 amide bonds. The number of hydrogen-bond donors (Lipinski definition) is 1. The van der Waals surface area contributed by atoms with Crippen molar-refractivity contribution in [3.05, 3.63) is 51.1 Å². The second-order valence-corrected chi connectivity index (χ2v) is 5.95. The molecule has 0 radical (unpaired) electrons. The fourth-order valence-electron chi connectivity index (χ4n) is 1.60. The Morgan fingerprint density at radius 1 is 1.42 bits per heavy atom. The van der Waals surface area contributed by atoms with Gasteiger partial charge >= 0.3 is 0 Å². The third kappa shape index (κ3) is 4.36. The van der Waals surface area contributed by atoms with Crippen LogP contribution in [0.25, 0.3) is 0 Å². The van der Waals surface area contributed by atoms with E-state index in [0.29, 0.717) is 5.75 Å². The van der Waals surface area contributed by atoms with Crippen molar-refractivity contribution in [3.8, 4) is 5.75 Å². The fourth-order valence-corrected chi connectivity index (χ4v) is 2.71. The van der Waals surface area contributed by atoms with E-state index in [-0.39, 0.29) is 18.6 Å². The van der Waals surface area contributed by atoms with Crippen LogP contribution < -0.4 is 10.1 Å². The molecule has 2 aromatic rings. The Hall–Kier alpha value is -1.33. The highest BCUT2D eigenvalue weighted by molar-refractivity contribution is 9.10. The van der Waals surface area contributed by atoms with E-state index in [1.165, 1.54) is 0 Å². The molecule has 100 valence electrons. The topological polar surface area (TPSA) is 38.3 Å². The lowest BCUT2D eigenvalue weighted by molar-refractivity contribution is -0.123. The maximum atomic E-state index is 11.8. The highest BCUT2D eigenvalue weighted by atomic mass is 79.9. The molecule has 0 bridgehead atoms. The van der Waals surface area contributed by atoms with Crippen molar-refractivity contribution in [1.29, 1.82) is 0 Å². The minimum absolute atomic E-state index is 0.0126. The van der Waals surface area contributed by atoms with E-state index < -0.39 is 0 Å². The van der Waals surface area contributed by atoms with Crippen molar-refractivity contribution in [1.82, 2.24) is 5.32 Å². The van der Waals surface area contributed by atoms with Crippen LogP contribution in [-0.2, 0) is 4.79 Å². The van der Waals surface area contributed by atoms with Crippen molar-refractivity contribution in [2.45, 2.75) is 13.0 Å². The summed E-state index contributed by atoms with van der Waals surface area (Å²) in [7, 11) is 0. The van der Waals surface area contributed by atoms with Gasteiger partial charge in [0.05, 0.1) is 6.04 Å². The van der Waals surface area contributed by atoms with Gasteiger partial charge in [0.2, 0.25) is 0 Å². The van der Waals surface area contributed by atoms with Crippen molar-refractivity contribution in [2.75, 3.05) is 6.61 Å². The normalized spacial score (nSPS) is 11.9. The molecule has 0 aliphatic carbocycles. The summed E-state index contributed by atoms with van der Waals surface area (Å²) in [6.07, 6.45) is 0. The summed E-state index contributed by atoms with van der Waals surface area (Å²) in [6.45, 7) is 1.98. The zero-order valence-corrected chi connectivity index (χ0v) is 12.8. The first-order valence-electron chi connectivity index (χ1n) is 5.86. The molecule has 0 saturated carbocycles. The fraction of sp³-hybridized carbons (Fsp3) is 0.214. The molecular formula is C14H14BrNO2S. The Kier molecular flexibility index (Phi) is 4.99. The highest BCUT2D eigenvalue weighted by Gasteiger charge is 2.10. The van der Waals surface area contributed by atoms with E-state index >= 15 is 0 Å². The van der Waals surface area contributed by atoms with E-state index in [1.807, 2.05) is 48.7 Å². The number of halogens is 1. The summed E-state index contributed by atoms with van der Waals surface area (Å²) in [5, 5.41) is 4.90. The van der Waals surface area contributed by atoms with E-state index in [0.717, 1.165) is 9.35 Å². The van der Waals surface area contributed by atoms with Gasteiger partial charge in [-0.2, -0.15) is 0 Å². The Bertz CT molecular complexity index is 542. The van der Waals surface area contributed by atoms with Crippen LogP contribution in [0.2, 0.25) is 0 Å². The predicted octanol–water partition coefficient (Wildman–Crippen LogP) is 3.77. The lowest BCUT2D eigenvalue weighted by atomic mass is 10.3. The van der Waals surface area contributed by atoms with E-state index in [2.05, 4.69) is 21.2 Å². The summed E-state index contributed by atoms with van der Waals surface area (Å²) in [5.41, 5.74) is 0. The van der Waals surface area contributed by atoms with Gasteiger partial charge in [-0.1, -0.05) is 28.1 Å². The van der Waals surface area contributed by atoms with E-state index in [1.54, 1.807) is 11.3 Å². The molecule has 5 heteroatoms. The number of rotatable bonds is 5. The Morgan fingerprint density at radius 3 is 2.95 bits per heavy atom. The number of thiophene rings is 1. The third-order valence-electron chi connectivity index (χ3n) is 2.51. The molecule has 1 heterocycles. The van der Waals surface area contributed by atoms with Gasteiger partial charge in [-0.05, 0) is 36.6 Å². The largest absolute Gasteiger partial charge is 0.484 e. The smallest absolute Gasteiger partial charge is 0.258 e. The molecule has 19 heavy (non-hydrogen) atoms. The van der Waals surface area contributed by atoms with Crippen LogP contribution in [0.3, 0.4) is 0 Å². The van der Waals surface area contributed by atoms with Crippen LogP contribution in [-0.4, -0.2) is 12.5 Å². The van der Waals surface area contributed by atoms with Gasteiger partial charge in [-0.15, -0.1) is 11.3 Å². The molecule has 3 nitrogen and oxygen atoms in total. The average Bonchev–Trinajstić information content (AvgIpc) is 2.90. The monoisotopic (exact) mass is 339 g/mol. The summed E-state index contributed by atoms with van der Waals surface area (Å²) in [4.78, 5) is 12.9. The average molecular weight is 340 g/mol. The second kappa shape index (κ2) is 6.73. The number of nitrogens with one attached hydrogen (secondary N) is 1. The Balaban J connectivity index is 1.82. The Morgan fingerprint density at radius 2 is 2.26 bits per heavy atom. The maximum Gasteiger partial charge on any atom is 0.258 e. The first kappa shape index (κ1) is 14.1. The van der Waals surface area contributed by atoms with Gasteiger partial charge in [0.15, 0.2) is 6.61 Å². The zero-order valence-electron chi connectivity index (χ0n) is 10.4. The van der Waals surface area contributed by atoms with Gasteiger partial charge in [0, 0.05) is 9.35 Å². The molecular weight excluding hydrogens is 326 g/mol. The molecule has 0 saturated heterocycles. The minimum Gasteiger partial charge on any atom is -0.484 e. The van der Waals surface area contributed by atoms with Crippen molar-refractivity contribution < 1.29 is 9.53 Å². The number of hydrogen-bond acceptors (Lipinski definition) is 3. The van der Waals surface area contributed by atoms with Gasteiger partial charge < -0.3 is 10.1 Å². The van der Waals surface area contributed by atoms with Crippen LogP contribution in [0.5, 0.6) is 5.75 Å². The predicted molar refractivity (Wildman–Crippen MR) is 80.5 cm³/mol. The van der Waals surface area contributed by atoms with Gasteiger partial charge in [0.25, 0.3) is 5.91 Å². The lowest BCUT2D eigenvalue weighted by Gasteiger charge is -2.12. The van der Waals surface area contributed by atoms with Crippen molar-refractivity contribution in [2.24, 2.45) is 0 Å². The number of carbonyl (C=O) groups is 1. The first-order valence-corrected chi connectivity index (χ1v) is 7.53. The number of carbonyl (C=O) groups excluding carboxylic acids is 1. The van der Waals surface area contributed by atoms with Crippen molar-refractivity contribution in [3.63, 3.8) is 0 Å². The summed E-state index contributed by atoms with van der Waals surface area (Å²) in [6, 6.07) is 11.4. The van der Waals surface area contributed by atoms with Crippen LogP contribution in [0.15, 0.2) is 46.3 Å². The number of ether oxygens (including phenoxy) is 1. The van der Waals surface area contributed by atoms with Gasteiger partial charge in [-0.25, -0.2) is 0 Å². The van der Waals surface area contributed by atoms with Gasteiger partial charge in [0.1, 0.15) is 5.75 Å². The number of benzene rings is 1. The number of amides is 1. The molecule has 0 unspecified atom stereocenters. The SMILES string of the molecule is C[C@@H](NC(=O)COc1cccc(Br)c1)c1cccs1. The zero-order chi connectivity index (χ0) is 13.7. The summed E-state index contributed by atoms with van der Waals surface area (Å²) >= 11 is 4.98. The van der Waals surface area contributed by atoms with Crippen LogP contribution in [0.1, 0.15) is 17.8 Å². The molecule has 1 aromatic heterocycles. The second-order valence-electron chi connectivity index (χ2n) is 4.05. The quantitative estimate of drug-likeness (QED) is 0.900. The highest BCUT2D eigenvalue weighted by Crippen LogP contribution is 2.19. The van der Waals surface area contributed by atoms with Gasteiger partial charge in [-0.3, -0.25) is 4.79 Å². The maximum absolute atomic E-state index is 11.8. The molecule has 0 aliphatic heterocycles. The first-order chi connectivity index (χ1) is 9.15. The third-order valence-corrected chi connectivity index (χ3v) is 4.06. The molecule has 1 aromatic carbocycles. The molecule has 1 N–H and O–H groups in total. The molecule has 0 fully saturated rings. The minimum atomic E-state index is -0.124. The summed E-state index contributed by atoms with van der Waals surface area (Å²) in [5.74, 6) is 0.550. The summed E-state index contributed by atoms with van der Waals surface area (Å²) < 4.78 is 6.36. The van der Waals surface area contributed by atoms with E-state index in [9.17, 15) is 4.79 Å². The molecule has 2 rings (SSSR count). The molecule has 1 atom stereocenters. The van der Waals surface area contributed by atoms with Crippen LogP contribution >= 0.6 is 27.3 Å². The van der Waals surface area contributed by atoms with Crippen LogP contribution in [0.4, 0.5) is 0 Å². The molecule has 0 aliphatic rings. The van der Waals surface area contributed by atoms with Crippen molar-refractivity contribution >= 4 is 33.2 Å². The Labute approximate surface area is 124 Å².